The molecule has 0 aromatic rings. The molecule has 1 fully saturated rings. The Balaban J connectivity index is 2.83. The van der Waals surface area contributed by atoms with Crippen LogP contribution in [0.3, 0.4) is 0 Å². The van der Waals surface area contributed by atoms with Crippen LogP contribution in [0, 0.1) is 17.8 Å². The van der Waals surface area contributed by atoms with Crippen LogP contribution in [0.2, 0.25) is 0 Å². The number of hydrogen-bond donors (Lipinski definition) is 0. The van der Waals surface area contributed by atoms with Crippen molar-refractivity contribution in [1.82, 2.24) is 0 Å². The molecule has 0 spiro atoms. The summed E-state index contributed by atoms with van der Waals surface area (Å²) in [5.41, 5.74) is -0.329. The zero-order valence-electron chi connectivity index (χ0n) is 6.09. The molecule has 3 heteroatoms. The van der Waals surface area contributed by atoms with Gasteiger partial charge in [-0.3, -0.25) is 4.18 Å². The van der Waals surface area contributed by atoms with Gasteiger partial charge in [0.25, 0.3) is 0 Å². The van der Waals surface area contributed by atoms with Crippen molar-refractivity contribution in [3.63, 3.8) is 0 Å². The predicted molar refractivity (Wildman–Crippen MR) is 40.5 cm³/mol. The van der Waals surface area contributed by atoms with Gasteiger partial charge in [-0.25, -0.2) is 4.21 Å². The number of terminal acetylenes is 1. The second-order valence-corrected chi connectivity index (χ2v) is 3.84. The van der Waals surface area contributed by atoms with Gasteiger partial charge >= 0.3 is 0 Å². The van der Waals surface area contributed by atoms with Gasteiger partial charge in [0, 0.05) is 0 Å². The van der Waals surface area contributed by atoms with Gasteiger partial charge in [0.05, 0.1) is 17.3 Å². The second kappa shape index (κ2) is 2.37. The maximum absolute atomic E-state index is 10.8. The minimum absolute atomic E-state index is 0.0849. The van der Waals surface area contributed by atoms with Gasteiger partial charge in [-0.15, -0.1) is 6.42 Å². The van der Waals surface area contributed by atoms with Gasteiger partial charge in [-0.1, -0.05) is 5.92 Å². The number of rotatable bonds is 0. The van der Waals surface area contributed by atoms with E-state index in [1.807, 2.05) is 13.8 Å². The Kier molecular flexibility index (Phi) is 1.84. The zero-order valence-corrected chi connectivity index (χ0v) is 6.90. The highest BCUT2D eigenvalue weighted by Crippen LogP contribution is 2.31. The molecule has 1 aliphatic rings. The summed E-state index contributed by atoms with van der Waals surface area (Å²) < 4.78 is 15.8. The summed E-state index contributed by atoms with van der Waals surface area (Å²) in [6.07, 6.45) is 5.17. The van der Waals surface area contributed by atoms with Crippen molar-refractivity contribution in [1.29, 1.82) is 0 Å². The third-order valence-electron chi connectivity index (χ3n) is 1.90. The average molecular weight is 158 g/mol. The van der Waals surface area contributed by atoms with Gasteiger partial charge in [-0.2, -0.15) is 0 Å². The van der Waals surface area contributed by atoms with Crippen LogP contribution in [0.4, 0.5) is 0 Å². The fourth-order valence-electron chi connectivity index (χ4n) is 0.822. The average Bonchev–Trinajstić information content (AvgIpc) is 2.09. The van der Waals surface area contributed by atoms with Crippen LogP contribution < -0.4 is 0 Å². The van der Waals surface area contributed by atoms with Gasteiger partial charge in [0.15, 0.2) is 11.1 Å². The van der Waals surface area contributed by atoms with E-state index in [4.69, 9.17) is 10.6 Å². The van der Waals surface area contributed by atoms with Crippen LogP contribution in [-0.2, 0) is 15.3 Å². The van der Waals surface area contributed by atoms with Gasteiger partial charge < -0.3 is 0 Å². The molecule has 0 aromatic carbocycles. The highest BCUT2D eigenvalue weighted by Gasteiger charge is 2.40. The minimum atomic E-state index is -1.16. The summed E-state index contributed by atoms with van der Waals surface area (Å²) in [6, 6.07) is 0. The number of hydrogen-bond acceptors (Lipinski definition) is 2. The monoisotopic (exact) mass is 158 g/mol. The van der Waals surface area contributed by atoms with Crippen LogP contribution in [0.5, 0.6) is 0 Å². The normalized spacial score (nSPS) is 46.9. The Morgan fingerprint density at radius 2 is 2.50 bits per heavy atom. The van der Waals surface area contributed by atoms with E-state index in [2.05, 4.69) is 5.92 Å². The second-order valence-electron chi connectivity index (χ2n) is 2.75. The molecule has 56 valence electrons. The first-order valence-corrected chi connectivity index (χ1v) is 4.36. The standard InChI is InChI=1S/C7H10O2S/c1-4-7(3)5-10(8)9-6(7)2/h1,6H,5H2,2-3H3. The van der Waals surface area contributed by atoms with Crippen molar-refractivity contribution in [3.8, 4) is 12.3 Å². The summed E-state index contributed by atoms with van der Waals surface area (Å²) >= 11 is -1.16. The van der Waals surface area contributed by atoms with Crippen molar-refractivity contribution in [2.24, 2.45) is 5.41 Å². The van der Waals surface area contributed by atoms with E-state index in [1.54, 1.807) is 0 Å². The summed E-state index contributed by atoms with van der Waals surface area (Å²) in [5.74, 6) is 3.07. The Morgan fingerprint density at radius 3 is 2.70 bits per heavy atom. The lowest BCUT2D eigenvalue weighted by Gasteiger charge is -2.17. The molecule has 1 heterocycles. The molecule has 3 atom stereocenters. The summed E-state index contributed by atoms with van der Waals surface area (Å²) in [5, 5.41) is 0. The smallest absolute Gasteiger partial charge is 0.157 e. The molecule has 0 bridgehead atoms. The topological polar surface area (TPSA) is 26.3 Å². The lowest BCUT2D eigenvalue weighted by molar-refractivity contribution is 0.188. The van der Waals surface area contributed by atoms with Crippen molar-refractivity contribution >= 4 is 11.1 Å². The van der Waals surface area contributed by atoms with Gasteiger partial charge in [0.2, 0.25) is 0 Å². The molecule has 0 aliphatic carbocycles. The van der Waals surface area contributed by atoms with E-state index >= 15 is 0 Å². The first-order valence-electron chi connectivity index (χ1n) is 3.12. The summed E-state index contributed by atoms with van der Waals surface area (Å²) in [4.78, 5) is 0. The Morgan fingerprint density at radius 1 is 1.90 bits per heavy atom. The van der Waals surface area contributed by atoms with Crippen LogP contribution in [0.25, 0.3) is 0 Å². The van der Waals surface area contributed by atoms with Gasteiger partial charge in [-0.05, 0) is 13.8 Å². The van der Waals surface area contributed by atoms with Crippen LogP contribution in [0.15, 0.2) is 0 Å². The molecule has 0 aromatic heterocycles. The SMILES string of the molecule is C#CC1(C)CS(=O)OC1C. The van der Waals surface area contributed by atoms with Crippen LogP contribution in [0.1, 0.15) is 13.8 Å². The first kappa shape index (κ1) is 7.77. The van der Waals surface area contributed by atoms with E-state index in [-0.39, 0.29) is 11.5 Å². The maximum atomic E-state index is 10.8. The highest BCUT2D eigenvalue weighted by molar-refractivity contribution is 7.80. The Bertz CT molecular complexity index is 206. The largest absolute Gasteiger partial charge is 0.286 e. The molecule has 0 radical (unpaired) electrons. The van der Waals surface area contributed by atoms with Crippen molar-refractivity contribution < 1.29 is 8.39 Å². The fourth-order valence-corrected chi connectivity index (χ4v) is 2.23. The summed E-state index contributed by atoms with van der Waals surface area (Å²) in [6.45, 7) is 3.74. The molecular weight excluding hydrogens is 148 g/mol. The molecular formula is C7H10O2S. The third-order valence-corrected chi connectivity index (χ3v) is 3.24. The molecule has 1 aliphatic heterocycles. The van der Waals surface area contributed by atoms with E-state index in [0.29, 0.717) is 5.75 Å². The van der Waals surface area contributed by atoms with E-state index in [9.17, 15) is 4.21 Å². The van der Waals surface area contributed by atoms with Crippen molar-refractivity contribution in [2.75, 3.05) is 5.75 Å². The zero-order chi connectivity index (χ0) is 7.78. The van der Waals surface area contributed by atoms with E-state index in [0.717, 1.165) is 0 Å². The molecule has 10 heavy (non-hydrogen) atoms. The van der Waals surface area contributed by atoms with E-state index < -0.39 is 11.1 Å². The molecule has 1 rings (SSSR count). The summed E-state index contributed by atoms with van der Waals surface area (Å²) in [7, 11) is 0. The molecule has 1 saturated heterocycles. The van der Waals surface area contributed by atoms with Gasteiger partial charge in [0.1, 0.15) is 0 Å². The lowest BCUT2D eigenvalue weighted by atomic mass is 9.89. The van der Waals surface area contributed by atoms with Crippen molar-refractivity contribution in [3.05, 3.63) is 0 Å². The first-order chi connectivity index (χ1) is 4.58. The molecule has 2 nitrogen and oxygen atoms in total. The quantitative estimate of drug-likeness (QED) is 0.485. The maximum Gasteiger partial charge on any atom is 0.157 e. The molecule has 0 amide bonds. The molecule has 0 N–H and O–H groups in total. The third kappa shape index (κ3) is 1.09. The Hall–Kier alpha value is -0.330. The fraction of sp³-hybridized carbons (Fsp3) is 0.714. The van der Waals surface area contributed by atoms with Crippen LogP contribution >= 0.6 is 0 Å². The van der Waals surface area contributed by atoms with Crippen LogP contribution in [-0.4, -0.2) is 16.1 Å². The predicted octanol–water partition coefficient (Wildman–Crippen LogP) is 0.708. The minimum Gasteiger partial charge on any atom is -0.286 e. The Labute approximate surface area is 63.6 Å². The lowest BCUT2D eigenvalue weighted by Crippen LogP contribution is -2.25. The molecule has 0 saturated carbocycles. The van der Waals surface area contributed by atoms with Crippen molar-refractivity contribution in [2.45, 2.75) is 20.0 Å². The highest BCUT2D eigenvalue weighted by atomic mass is 32.2. The van der Waals surface area contributed by atoms with E-state index in [1.165, 1.54) is 0 Å². The molecule has 3 unspecified atom stereocenters.